The van der Waals surface area contributed by atoms with Crippen LogP contribution in [0.5, 0.6) is 0 Å². The molecule has 0 saturated carbocycles. The number of carbonyl (C=O) groups excluding carboxylic acids is 1. The van der Waals surface area contributed by atoms with Gasteiger partial charge in [0.1, 0.15) is 5.82 Å². The van der Waals surface area contributed by atoms with Crippen LogP contribution in [0.1, 0.15) is 23.0 Å². The lowest BCUT2D eigenvalue weighted by atomic mass is 10.2. The smallest absolute Gasteiger partial charge is 0.360 e. The highest BCUT2D eigenvalue weighted by molar-refractivity contribution is 9.10. The molecule has 5 nitrogen and oxygen atoms in total. The van der Waals surface area contributed by atoms with Crippen molar-refractivity contribution in [3.05, 3.63) is 46.3 Å². The monoisotopic (exact) mass is 323 g/mol. The van der Waals surface area contributed by atoms with E-state index in [4.69, 9.17) is 10.5 Å². The van der Waals surface area contributed by atoms with Crippen molar-refractivity contribution in [1.29, 1.82) is 0 Å². The summed E-state index contributed by atoms with van der Waals surface area (Å²) in [6, 6.07) is 7.82. The third-order valence-corrected chi connectivity index (χ3v) is 3.42. The topological polar surface area (TPSA) is 70.1 Å². The minimum Gasteiger partial charge on any atom is -0.461 e. The third-order valence-electron chi connectivity index (χ3n) is 2.65. The first kappa shape index (κ1) is 13.6. The van der Waals surface area contributed by atoms with E-state index in [2.05, 4.69) is 20.9 Å². The largest absolute Gasteiger partial charge is 0.461 e. The second-order valence-corrected chi connectivity index (χ2v) is 4.77. The van der Waals surface area contributed by atoms with Crippen molar-refractivity contribution in [2.24, 2.45) is 0 Å². The fourth-order valence-electron chi connectivity index (χ4n) is 1.68. The maximum Gasteiger partial charge on any atom is 0.360 e. The molecule has 2 rings (SSSR count). The number of ether oxygens (including phenoxy) is 1. The van der Waals surface area contributed by atoms with Crippen molar-refractivity contribution < 1.29 is 9.53 Å². The van der Waals surface area contributed by atoms with Crippen LogP contribution in [-0.2, 0) is 11.3 Å². The Morgan fingerprint density at radius 2 is 2.21 bits per heavy atom. The van der Waals surface area contributed by atoms with Crippen molar-refractivity contribution >= 4 is 27.7 Å². The zero-order valence-electron chi connectivity index (χ0n) is 10.5. The molecule has 19 heavy (non-hydrogen) atoms. The van der Waals surface area contributed by atoms with Gasteiger partial charge in [0.2, 0.25) is 0 Å². The molecule has 0 unspecified atom stereocenters. The van der Waals surface area contributed by atoms with Crippen molar-refractivity contribution in [3.8, 4) is 0 Å². The number of aromatic nitrogens is 2. The summed E-state index contributed by atoms with van der Waals surface area (Å²) in [7, 11) is 0. The molecule has 0 atom stereocenters. The van der Waals surface area contributed by atoms with Crippen molar-refractivity contribution in [2.45, 2.75) is 13.5 Å². The number of imidazole rings is 1. The number of benzene rings is 1. The fraction of sp³-hybridized carbons (Fsp3) is 0.231. The summed E-state index contributed by atoms with van der Waals surface area (Å²) in [5.74, 6) is -0.180. The maximum absolute atomic E-state index is 11.6. The fourth-order valence-corrected chi connectivity index (χ4v) is 2.09. The lowest BCUT2D eigenvalue weighted by Crippen LogP contribution is -2.10. The minimum absolute atomic E-state index is 0.161. The summed E-state index contributed by atoms with van der Waals surface area (Å²) in [5.41, 5.74) is 7.14. The molecule has 0 saturated heterocycles. The Morgan fingerprint density at radius 1 is 1.47 bits per heavy atom. The van der Waals surface area contributed by atoms with Gasteiger partial charge in [-0.3, -0.25) is 0 Å². The zero-order chi connectivity index (χ0) is 13.8. The lowest BCUT2D eigenvalue weighted by Gasteiger charge is -2.07. The Labute approximate surface area is 119 Å². The molecule has 6 heteroatoms. The van der Waals surface area contributed by atoms with E-state index in [1.165, 1.54) is 0 Å². The number of hydrogen-bond donors (Lipinski definition) is 1. The van der Waals surface area contributed by atoms with E-state index < -0.39 is 5.97 Å². The van der Waals surface area contributed by atoms with E-state index in [0.717, 1.165) is 10.0 Å². The number of esters is 1. The Balaban J connectivity index is 2.23. The zero-order valence-corrected chi connectivity index (χ0v) is 12.1. The van der Waals surface area contributed by atoms with Crippen molar-refractivity contribution in [2.75, 3.05) is 12.3 Å². The number of nitrogens with zero attached hydrogens (tertiary/aromatic N) is 2. The second-order valence-electron chi connectivity index (χ2n) is 3.92. The highest BCUT2D eigenvalue weighted by atomic mass is 79.9. The molecule has 2 N–H and O–H groups in total. The molecule has 0 spiro atoms. The molecule has 0 radical (unpaired) electrons. The van der Waals surface area contributed by atoms with E-state index >= 15 is 0 Å². The molecule has 1 aromatic carbocycles. The van der Waals surface area contributed by atoms with Crippen molar-refractivity contribution in [1.82, 2.24) is 9.55 Å². The Kier molecular flexibility index (Phi) is 4.21. The first-order valence-corrected chi connectivity index (χ1v) is 6.64. The predicted molar refractivity (Wildman–Crippen MR) is 75.8 cm³/mol. The highest BCUT2D eigenvalue weighted by Crippen LogP contribution is 2.19. The second kappa shape index (κ2) is 5.88. The van der Waals surface area contributed by atoms with Crippen LogP contribution in [0, 0.1) is 0 Å². The quantitative estimate of drug-likeness (QED) is 0.877. The number of hydrogen-bond acceptors (Lipinski definition) is 4. The molecule has 0 fully saturated rings. The lowest BCUT2D eigenvalue weighted by molar-refractivity contribution is 0.0521. The molecule has 0 aliphatic heterocycles. The number of carbonyl (C=O) groups is 1. The van der Waals surface area contributed by atoms with Crippen LogP contribution in [-0.4, -0.2) is 22.1 Å². The highest BCUT2D eigenvalue weighted by Gasteiger charge is 2.17. The maximum atomic E-state index is 11.6. The van der Waals surface area contributed by atoms with Crippen LogP contribution < -0.4 is 5.73 Å². The molecule has 0 amide bonds. The standard InChI is InChI=1S/C13H14BrN3O2/c1-2-19-13(18)11-12(15)17(8-16-11)7-9-5-3-4-6-10(9)14/h3-6,8H,2,7,15H2,1H3. The van der Waals surface area contributed by atoms with Crippen LogP contribution in [0.25, 0.3) is 0 Å². The molecule has 0 aliphatic carbocycles. The SMILES string of the molecule is CCOC(=O)c1ncn(Cc2ccccc2Br)c1N. The van der Waals surface area contributed by atoms with Gasteiger partial charge in [-0.15, -0.1) is 0 Å². The summed E-state index contributed by atoms with van der Waals surface area (Å²) < 4.78 is 7.59. The van der Waals surface area contributed by atoms with Gasteiger partial charge in [0, 0.05) is 4.47 Å². The van der Waals surface area contributed by atoms with Crippen LogP contribution in [0.15, 0.2) is 35.1 Å². The molecule has 0 aliphatic rings. The Morgan fingerprint density at radius 3 is 2.89 bits per heavy atom. The van der Waals surface area contributed by atoms with E-state index in [1.807, 2.05) is 24.3 Å². The van der Waals surface area contributed by atoms with E-state index in [1.54, 1.807) is 17.8 Å². The van der Waals surface area contributed by atoms with Crippen LogP contribution in [0.4, 0.5) is 5.82 Å². The van der Waals surface area contributed by atoms with Gasteiger partial charge in [-0.25, -0.2) is 9.78 Å². The summed E-state index contributed by atoms with van der Waals surface area (Å²) >= 11 is 3.47. The van der Waals surface area contributed by atoms with Gasteiger partial charge in [-0.2, -0.15) is 0 Å². The minimum atomic E-state index is -0.495. The number of nitrogen functional groups attached to an aromatic ring is 1. The first-order chi connectivity index (χ1) is 9.13. The van der Waals surface area contributed by atoms with Crippen LogP contribution in [0.2, 0.25) is 0 Å². The van der Waals surface area contributed by atoms with E-state index in [9.17, 15) is 4.79 Å². The van der Waals surface area contributed by atoms with Gasteiger partial charge in [0.05, 0.1) is 19.5 Å². The molecule has 0 bridgehead atoms. The van der Waals surface area contributed by atoms with Crippen LogP contribution in [0.3, 0.4) is 0 Å². The number of halogens is 1. The summed E-state index contributed by atoms with van der Waals surface area (Å²) in [6.45, 7) is 2.58. The number of rotatable bonds is 4. The summed E-state index contributed by atoms with van der Waals surface area (Å²) in [5, 5.41) is 0. The molecule has 100 valence electrons. The van der Waals surface area contributed by atoms with Crippen LogP contribution >= 0.6 is 15.9 Å². The van der Waals surface area contributed by atoms with Gasteiger partial charge in [0.15, 0.2) is 5.69 Å². The average Bonchev–Trinajstić information content (AvgIpc) is 2.74. The number of nitrogens with two attached hydrogens (primary N) is 1. The normalized spacial score (nSPS) is 10.4. The van der Waals surface area contributed by atoms with E-state index in [0.29, 0.717) is 19.0 Å². The molecule has 1 aromatic heterocycles. The molecule has 2 aromatic rings. The average molecular weight is 324 g/mol. The molecule has 1 heterocycles. The first-order valence-electron chi connectivity index (χ1n) is 5.84. The molecular weight excluding hydrogens is 310 g/mol. The number of anilines is 1. The summed E-state index contributed by atoms with van der Waals surface area (Å²) in [6.07, 6.45) is 1.54. The van der Waals surface area contributed by atoms with Gasteiger partial charge < -0.3 is 15.0 Å². The van der Waals surface area contributed by atoms with Gasteiger partial charge in [-0.05, 0) is 18.6 Å². The summed E-state index contributed by atoms with van der Waals surface area (Å²) in [4.78, 5) is 15.6. The third kappa shape index (κ3) is 2.96. The molecular formula is C13H14BrN3O2. The Hall–Kier alpha value is -1.82. The predicted octanol–water partition coefficient (Wildman–Crippen LogP) is 2.45. The van der Waals surface area contributed by atoms with Gasteiger partial charge >= 0.3 is 5.97 Å². The Bertz CT molecular complexity index is 595. The van der Waals surface area contributed by atoms with Crippen molar-refractivity contribution in [3.63, 3.8) is 0 Å². The van der Waals surface area contributed by atoms with Gasteiger partial charge in [-0.1, -0.05) is 34.1 Å². The van der Waals surface area contributed by atoms with Gasteiger partial charge in [0.25, 0.3) is 0 Å². The van der Waals surface area contributed by atoms with E-state index in [-0.39, 0.29) is 5.69 Å².